The summed E-state index contributed by atoms with van der Waals surface area (Å²) in [5.74, 6) is 1.26. The fourth-order valence-corrected chi connectivity index (χ4v) is 3.42. The van der Waals surface area contributed by atoms with Crippen molar-refractivity contribution in [2.75, 3.05) is 0 Å². The molecule has 0 bridgehead atoms. The highest BCUT2D eigenvalue weighted by molar-refractivity contribution is 5.45. The molecule has 0 aliphatic heterocycles. The lowest BCUT2D eigenvalue weighted by atomic mass is 9.78. The molecule has 0 saturated heterocycles. The van der Waals surface area contributed by atoms with Crippen molar-refractivity contribution in [3.05, 3.63) is 70.8 Å². The smallest absolute Gasteiger partial charge is 0.0120 e. The number of hydrogen-bond donors (Lipinski definition) is 0. The molecule has 3 rings (SSSR count). The van der Waals surface area contributed by atoms with Crippen LogP contribution in [-0.2, 0) is 12.8 Å². The molecule has 0 saturated carbocycles. The summed E-state index contributed by atoms with van der Waals surface area (Å²) >= 11 is 0. The maximum absolute atomic E-state index is 2.39. The summed E-state index contributed by atoms with van der Waals surface area (Å²) in [6.45, 7) is 4.70. The maximum Gasteiger partial charge on any atom is 0.0120 e. The zero-order valence-electron chi connectivity index (χ0n) is 11.9. The van der Waals surface area contributed by atoms with E-state index in [-0.39, 0.29) is 0 Å². The first-order valence-electron chi connectivity index (χ1n) is 7.47. The summed E-state index contributed by atoms with van der Waals surface area (Å²) in [5, 5.41) is 0. The number of benzene rings is 2. The molecule has 0 radical (unpaired) electrons. The van der Waals surface area contributed by atoms with E-state index in [2.05, 4.69) is 62.4 Å². The molecule has 1 aliphatic rings. The van der Waals surface area contributed by atoms with E-state index < -0.39 is 0 Å². The molecule has 98 valence electrons. The lowest BCUT2D eigenvalue weighted by molar-refractivity contribution is 0.495. The molecular weight excluding hydrogens is 228 g/mol. The van der Waals surface area contributed by atoms with Crippen LogP contribution in [0.3, 0.4) is 0 Å². The zero-order chi connectivity index (χ0) is 13.2. The minimum absolute atomic E-state index is 0.569. The lowest BCUT2D eigenvalue weighted by Gasteiger charge is -2.26. The Morgan fingerprint density at radius 3 is 1.84 bits per heavy atom. The highest BCUT2D eigenvalue weighted by atomic mass is 14.3. The van der Waals surface area contributed by atoms with Crippen molar-refractivity contribution >= 4 is 0 Å². The molecule has 0 fully saturated rings. The van der Waals surface area contributed by atoms with Gasteiger partial charge in [0.05, 0.1) is 0 Å². The van der Waals surface area contributed by atoms with Crippen LogP contribution >= 0.6 is 0 Å². The van der Waals surface area contributed by atoms with E-state index in [0.29, 0.717) is 11.8 Å². The summed E-state index contributed by atoms with van der Waals surface area (Å²) in [4.78, 5) is 0. The monoisotopic (exact) mass is 250 g/mol. The van der Waals surface area contributed by atoms with Crippen LogP contribution in [0.5, 0.6) is 0 Å². The highest BCUT2D eigenvalue weighted by Crippen LogP contribution is 2.39. The van der Waals surface area contributed by atoms with Crippen LogP contribution in [0.2, 0.25) is 0 Å². The minimum atomic E-state index is 0.569. The van der Waals surface area contributed by atoms with E-state index in [1.54, 1.807) is 22.3 Å². The Hall–Kier alpha value is -1.56. The maximum atomic E-state index is 2.39. The third-order valence-corrected chi connectivity index (χ3v) is 4.66. The van der Waals surface area contributed by atoms with Gasteiger partial charge in [-0.2, -0.15) is 0 Å². The molecule has 2 aromatic carbocycles. The SMILES string of the molecule is CCC(C)C1c2ccccc2CCc2ccccc21. The topological polar surface area (TPSA) is 0 Å². The number of hydrogen-bond acceptors (Lipinski definition) is 0. The van der Waals surface area contributed by atoms with Crippen LogP contribution in [0.15, 0.2) is 48.5 Å². The van der Waals surface area contributed by atoms with Gasteiger partial charge in [0.1, 0.15) is 0 Å². The van der Waals surface area contributed by atoms with Gasteiger partial charge >= 0.3 is 0 Å². The van der Waals surface area contributed by atoms with Crippen LogP contribution in [0.25, 0.3) is 0 Å². The predicted octanol–water partition coefficient (Wildman–Crippen LogP) is 4.96. The van der Waals surface area contributed by atoms with Gasteiger partial charge < -0.3 is 0 Å². The molecule has 0 heteroatoms. The van der Waals surface area contributed by atoms with Gasteiger partial charge in [-0.05, 0) is 41.0 Å². The van der Waals surface area contributed by atoms with Gasteiger partial charge in [0, 0.05) is 5.92 Å². The van der Waals surface area contributed by atoms with Crippen LogP contribution in [0.1, 0.15) is 48.4 Å². The van der Waals surface area contributed by atoms with Crippen LogP contribution < -0.4 is 0 Å². The third kappa shape index (κ3) is 2.20. The van der Waals surface area contributed by atoms with E-state index in [9.17, 15) is 0 Å². The van der Waals surface area contributed by atoms with Crippen molar-refractivity contribution in [2.45, 2.75) is 39.0 Å². The molecular formula is C19H22. The summed E-state index contributed by atoms with van der Waals surface area (Å²) in [5.41, 5.74) is 6.21. The number of aryl methyl sites for hydroxylation is 2. The predicted molar refractivity (Wildman–Crippen MR) is 81.6 cm³/mol. The Labute approximate surface area is 116 Å². The lowest BCUT2D eigenvalue weighted by Crippen LogP contribution is -2.12. The summed E-state index contributed by atoms with van der Waals surface area (Å²) in [7, 11) is 0. The molecule has 0 amide bonds. The fraction of sp³-hybridized carbons (Fsp3) is 0.368. The van der Waals surface area contributed by atoms with Crippen molar-refractivity contribution in [3.8, 4) is 0 Å². The second-order valence-electron chi connectivity index (χ2n) is 5.76. The molecule has 0 heterocycles. The Bertz CT molecular complexity index is 520. The van der Waals surface area contributed by atoms with E-state index >= 15 is 0 Å². The van der Waals surface area contributed by atoms with Crippen molar-refractivity contribution < 1.29 is 0 Å². The summed E-state index contributed by atoms with van der Waals surface area (Å²) in [6, 6.07) is 18.1. The van der Waals surface area contributed by atoms with Gasteiger partial charge in [0.25, 0.3) is 0 Å². The first-order valence-corrected chi connectivity index (χ1v) is 7.47. The van der Waals surface area contributed by atoms with Crippen LogP contribution in [0, 0.1) is 5.92 Å². The van der Waals surface area contributed by atoms with E-state index in [1.165, 1.54) is 19.3 Å². The Balaban J connectivity index is 2.19. The van der Waals surface area contributed by atoms with E-state index in [0.717, 1.165) is 0 Å². The normalized spacial score (nSPS) is 16.3. The average molecular weight is 250 g/mol. The van der Waals surface area contributed by atoms with Crippen LogP contribution in [-0.4, -0.2) is 0 Å². The first kappa shape index (κ1) is 12.5. The Kier molecular flexibility index (Phi) is 3.42. The van der Waals surface area contributed by atoms with Gasteiger partial charge in [0.15, 0.2) is 0 Å². The standard InChI is InChI=1S/C19H22/c1-3-14(2)19-17-10-6-4-8-15(17)12-13-16-9-5-7-11-18(16)19/h4-11,14,19H,3,12-13H2,1-2H3. The molecule has 0 N–H and O–H groups in total. The van der Waals surface area contributed by atoms with Gasteiger partial charge in [-0.25, -0.2) is 0 Å². The number of fused-ring (bicyclic) bond motifs is 2. The second kappa shape index (κ2) is 5.21. The molecule has 1 aliphatic carbocycles. The third-order valence-electron chi connectivity index (χ3n) is 4.66. The molecule has 0 aromatic heterocycles. The quantitative estimate of drug-likeness (QED) is 0.706. The molecule has 1 atom stereocenters. The van der Waals surface area contributed by atoms with Gasteiger partial charge in [-0.3, -0.25) is 0 Å². The van der Waals surface area contributed by atoms with Crippen molar-refractivity contribution in [1.29, 1.82) is 0 Å². The molecule has 0 nitrogen and oxygen atoms in total. The largest absolute Gasteiger partial charge is 0.0651 e. The van der Waals surface area contributed by atoms with Crippen molar-refractivity contribution in [2.24, 2.45) is 5.92 Å². The minimum Gasteiger partial charge on any atom is -0.0651 e. The van der Waals surface area contributed by atoms with E-state index in [4.69, 9.17) is 0 Å². The molecule has 19 heavy (non-hydrogen) atoms. The zero-order valence-corrected chi connectivity index (χ0v) is 11.9. The molecule has 0 spiro atoms. The van der Waals surface area contributed by atoms with Crippen LogP contribution in [0.4, 0.5) is 0 Å². The van der Waals surface area contributed by atoms with E-state index in [1.807, 2.05) is 0 Å². The molecule has 1 unspecified atom stereocenters. The van der Waals surface area contributed by atoms with Gasteiger partial charge in [-0.1, -0.05) is 68.8 Å². The highest BCUT2D eigenvalue weighted by Gasteiger charge is 2.26. The molecule has 2 aromatic rings. The van der Waals surface area contributed by atoms with Crippen molar-refractivity contribution in [3.63, 3.8) is 0 Å². The fourth-order valence-electron chi connectivity index (χ4n) is 3.42. The average Bonchev–Trinajstić information content (AvgIpc) is 2.63. The van der Waals surface area contributed by atoms with Gasteiger partial charge in [-0.15, -0.1) is 0 Å². The first-order chi connectivity index (χ1) is 9.31. The number of rotatable bonds is 2. The summed E-state index contributed by atoms with van der Waals surface area (Å²) < 4.78 is 0. The Morgan fingerprint density at radius 2 is 1.37 bits per heavy atom. The summed E-state index contributed by atoms with van der Waals surface area (Å²) in [6.07, 6.45) is 3.59. The van der Waals surface area contributed by atoms with Crippen molar-refractivity contribution in [1.82, 2.24) is 0 Å². The second-order valence-corrected chi connectivity index (χ2v) is 5.76. The Morgan fingerprint density at radius 1 is 0.895 bits per heavy atom. The van der Waals surface area contributed by atoms with Gasteiger partial charge in [0.2, 0.25) is 0 Å².